The molecule has 1 amide bonds. The third kappa shape index (κ3) is 3.04. The molecule has 0 fully saturated rings. The Morgan fingerprint density at radius 3 is 2.71 bits per heavy atom. The van der Waals surface area contributed by atoms with E-state index in [1.165, 1.54) is 0 Å². The quantitative estimate of drug-likeness (QED) is 0.801. The second-order valence-corrected chi connectivity index (χ2v) is 3.54. The maximum absolute atomic E-state index is 11.6. The summed E-state index contributed by atoms with van der Waals surface area (Å²) in [5.74, 6) is -0.0175. The predicted octanol–water partition coefficient (Wildman–Crippen LogP) is 0.511. The van der Waals surface area contributed by atoms with Gasteiger partial charge in [0.15, 0.2) is 5.82 Å². The number of benzene rings is 1. The molecule has 6 nitrogen and oxygen atoms in total. The summed E-state index contributed by atoms with van der Waals surface area (Å²) in [6.07, 6.45) is 0.0716. The van der Waals surface area contributed by atoms with Gasteiger partial charge in [-0.25, -0.2) is 4.63 Å². The molecule has 1 aromatic carbocycles. The normalized spacial score (nSPS) is 10.1. The largest absolute Gasteiger partial charge is 0.379 e. The number of anilines is 1. The number of nitrogens with one attached hydrogen (secondary N) is 1. The smallest absolute Gasteiger partial charge is 0.226 e. The summed E-state index contributed by atoms with van der Waals surface area (Å²) in [6.45, 7) is 0.477. The van der Waals surface area contributed by atoms with Crippen LogP contribution in [0.2, 0.25) is 0 Å². The van der Waals surface area contributed by atoms with Crippen LogP contribution in [-0.4, -0.2) is 16.2 Å². The van der Waals surface area contributed by atoms with Gasteiger partial charge in [-0.15, -0.1) is 0 Å². The topological polar surface area (TPSA) is 94.0 Å². The fourth-order valence-corrected chi connectivity index (χ4v) is 1.35. The number of rotatable bonds is 4. The van der Waals surface area contributed by atoms with Gasteiger partial charge >= 0.3 is 0 Å². The molecule has 88 valence electrons. The lowest BCUT2D eigenvalue weighted by Gasteiger charge is -2.03. The zero-order chi connectivity index (χ0) is 12.1. The maximum atomic E-state index is 11.6. The minimum atomic E-state index is -0.170. The Balaban J connectivity index is 1.85. The van der Waals surface area contributed by atoms with Gasteiger partial charge in [-0.3, -0.25) is 4.79 Å². The van der Waals surface area contributed by atoms with Gasteiger partial charge in [-0.2, -0.15) is 0 Å². The van der Waals surface area contributed by atoms with Crippen LogP contribution in [0, 0.1) is 0 Å². The van der Waals surface area contributed by atoms with E-state index in [0.717, 1.165) is 5.56 Å². The van der Waals surface area contributed by atoms with Crippen molar-refractivity contribution in [3.8, 4) is 0 Å². The van der Waals surface area contributed by atoms with E-state index in [1.807, 2.05) is 30.3 Å². The lowest BCUT2D eigenvalue weighted by Crippen LogP contribution is -2.25. The van der Waals surface area contributed by atoms with E-state index in [1.54, 1.807) is 0 Å². The summed E-state index contributed by atoms with van der Waals surface area (Å²) in [6, 6.07) is 9.63. The number of aromatic nitrogens is 2. The van der Waals surface area contributed by atoms with Crippen molar-refractivity contribution in [3.63, 3.8) is 0 Å². The fourth-order valence-electron chi connectivity index (χ4n) is 1.35. The summed E-state index contributed by atoms with van der Waals surface area (Å²) in [5.41, 5.74) is 6.84. The van der Waals surface area contributed by atoms with Gasteiger partial charge in [0.2, 0.25) is 5.91 Å². The van der Waals surface area contributed by atoms with Crippen LogP contribution in [-0.2, 0) is 17.8 Å². The van der Waals surface area contributed by atoms with E-state index in [4.69, 9.17) is 5.73 Å². The standard InChI is InChI=1S/C11H12N4O2/c12-11-9(14-17-15-11)6-10(16)13-7-8-4-2-1-3-5-8/h1-5H,6-7H2,(H2,12,15)(H,13,16). The Labute approximate surface area is 97.8 Å². The summed E-state index contributed by atoms with van der Waals surface area (Å²) < 4.78 is 4.40. The molecule has 0 unspecified atom stereocenters. The molecule has 0 aliphatic rings. The van der Waals surface area contributed by atoms with Crippen LogP contribution < -0.4 is 11.1 Å². The first-order valence-electron chi connectivity index (χ1n) is 5.13. The first kappa shape index (κ1) is 11.1. The molecule has 1 heterocycles. The van der Waals surface area contributed by atoms with Crippen molar-refractivity contribution in [1.82, 2.24) is 15.6 Å². The number of nitrogens with two attached hydrogens (primary N) is 1. The predicted molar refractivity (Wildman–Crippen MR) is 60.7 cm³/mol. The molecule has 2 aromatic rings. The summed E-state index contributed by atoms with van der Waals surface area (Å²) in [4.78, 5) is 11.6. The Morgan fingerprint density at radius 1 is 1.29 bits per heavy atom. The monoisotopic (exact) mass is 232 g/mol. The van der Waals surface area contributed by atoms with E-state index in [2.05, 4.69) is 20.3 Å². The number of carbonyl (C=O) groups is 1. The maximum Gasteiger partial charge on any atom is 0.226 e. The van der Waals surface area contributed by atoms with Crippen molar-refractivity contribution in [2.75, 3.05) is 5.73 Å². The average molecular weight is 232 g/mol. The second-order valence-electron chi connectivity index (χ2n) is 3.54. The van der Waals surface area contributed by atoms with E-state index >= 15 is 0 Å². The van der Waals surface area contributed by atoms with Crippen LogP contribution >= 0.6 is 0 Å². The zero-order valence-corrected chi connectivity index (χ0v) is 9.09. The number of amides is 1. The first-order valence-corrected chi connectivity index (χ1v) is 5.13. The number of nitrogens with zero attached hydrogens (tertiary/aromatic N) is 2. The minimum absolute atomic E-state index is 0.0716. The highest BCUT2D eigenvalue weighted by atomic mass is 16.6. The van der Waals surface area contributed by atoms with Crippen LogP contribution in [0.5, 0.6) is 0 Å². The van der Waals surface area contributed by atoms with E-state index in [9.17, 15) is 4.79 Å². The van der Waals surface area contributed by atoms with Crippen molar-refractivity contribution < 1.29 is 9.42 Å². The van der Waals surface area contributed by atoms with Crippen LogP contribution in [0.15, 0.2) is 35.0 Å². The van der Waals surface area contributed by atoms with Crippen LogP contribution in [0.3, 0.4) is 0 Å². The van der Waals surface area contributed by atoms with Gasteiger partial charge < -0.3 is 11.1 Å². The molecule has 0 spiro atoms. The molecule has 0 atom stereocenters. The third-order valence-electron chi connectivity index (χ3n) is 2.25. The molecule has 2 rings (SSSR count). The summed E-state index contributed by atoms with van der Waals surface area (Å²) >= 11 is 0. The molecule has 0 saturated carbocycles. The SMILES string of the molecule is Nc1nonc1CC(=O)NCc1ccccc1. The number of nitrogen functional groups attached to an aromatic ring is 1. The number of hydrogen-bond acceptors (Lipinski definition) is 5. The van der Waals surface area contributed by atoms with Crippen molar-refractivity contribution in [3.05, 3.63) is 41.6 Å². The van der Waals surface area contributed by atoms with Gasteiger partial charge in [0.1, 0.15) is 5.69 Å². The minimum Gasteiger partial charge on any atom is -0.379 e. The zero-order valence-electron chi connectivity index (χ0n) is 9.09. The molecule has 0 saturated heterocycles. The Morgan fingerprint density at radius 2 is 2.06 bits per heavy atom. The van der Waals surface area contributed by atoms with Gasteiger partial charge in [0, 0.05) is 6.54 Å². The van der Waals surface area contributed by atoms with Gasteiger partial charge in [-0.05, 0) is 10.7 Å². The molecular weight excluding hydrogens is 220 g/mol. The van der Waals surface area contributed by atoms with Gasteiger partial charge in [-0.1, -0.05) is 35.5 Å². The van der Waals surface area contributed by atoms with E-state index in [-0.39, 0.29) is 18.1 Å². The van der Waals surface area contributed by atoms with E-state index < -0.39 is 0 Å². The average Bonchev–Trinajstić information content (AvgIpc) is 2.74. The van der Waals surface area contributed by atoms with Crippen LogP contribution in [0.4, 0.5) is 5.82 Å². The Bertz CT molecular complexity index is 495. The van der Waals surface area contributed by atoms with Crippen molar-refractivity contribution in [1.29, 1.82) is 0 Å². The highest BCUT2D eigenvalue weighted by Gasteiger charge is 2.11. The van der Waals surface area contributed by atoms with Gasteiger partial charge in [0.05, 0.1) is 6.42 Å². The summed E-state index contributed by atoms with van der Waals surface area (Å²) in [7, 11) is 0. The Hall–Kier alpha value is -2.37. The number of hydrogen-bond donors (Lipinski definition) is 2. The molecule has 17 heavy (non-hydrogen) atoms. The van der Waals surface area contributed by atoms with E-state index in [0.29, 0.717) is 12.2 Å². The number of carbonyl (C=O) groups excluding carboxylic acids is 1. The fraction of sp³-hybridized carbons (Fsp3) is 0.182. The van der Waals surface area contributed by atoms with Crippen LogP contribution in [0.25, 0.3) is 0 Å². The molecule has 0 radical (unpaired) electrons. The Kier molecular flexibility index (Phi) is 3.34. The molecular formula is C11H12N4O2. The van der Waals surface area contributed by atoms with Crippen molar-refractivity contribution >= 4 is 11.7 Å². The molecule has 6 heteroatoms. The highest BCUT2D eigenvalue weighted by molar-refractivity contribution is 5.79. The first-order chi connectivity index (χ1) is 8.25. The lowest BCUT2D eigenvalue weighted by molar-refractivity contribution is -0.120. The molecule has 3 N–H and O–H groups in total. The van der Waals surface area contributed by atoms with Gasteiger partial charge in [0.25, 0.3) is 0 Å². The highest BCUT2D eigenvalue weighted by Crippen LogP contribution is 2.04. The molecule has 1 aromatic heterocycles. The summed E-state index contributed by atoms with van der Waals surface area (Å²) in [5, 5.41) is 9.70. The van der Waals surface area contributed by atoms with Crippen molar-refractivity contribution in [2.45, 2.75) is 13.0 Å². The van der Waals surface area contributed by atoms with Crippen molar-refractivity contribution in [2.24, 2.45) is 0 Å². The molecule has 0 bridgehead atoms. The molecule has 0 aliphatic carbocycles. The third-order valence-corrected chi connectivity index (χ3v) is 2.25. The lowest BCUT2D eigenvalue weighted by atomic mass is 10.2. The molecule has 0 aliphatic heterocycles. The second kappa shape index (κ2) is 5.11. The van der Waals surface area contributed by atoms with Crippen LogP contribution in [0.1, 0.15) is 11.3 Å².